The molecule has 1 saturated carbocycles. The van der Waals surface area contributed by atoms with Crippen molar-refractivity contribution in [2.45, 2.75) is 57.9 Å². The summed E-state index contributed by atoms with van der Waals surface area (Å²) in [5.74, 6) is 1.59. The Labute approximate surface area is 126 Å². The fraction of sp³-hybridized carbons (Fsp3) is 0.733. The third-order valence-corrected chi connectivity index (χ3v) is 3.95. The van der Waals surface area contributed by atoms with Gasteiger partial charge in [-0.25, -0.2) is 9.97 Å². The van der Waals surface area contributed by atoms with Crippen LogP contribution in [0.1, 0.15) is 52.3 Å². The molecule has 0 amide bonds. The van der Waals surface area contributed by atoms with Crippen LogP contribution in [0.2, 0.25) is 5.15 Å². The molecule has 1 N–H and O–H groups in total. The fourth-order valence-corrected chi connectivity index (χ4v) is 2.87. The summed E-state index contributed by atoms with van der Waals surface area (Å²) in [6.45, 7) is 6.96. The second-order valence-electron chi connectivity index (χ2n) is 6.48. The molecule has 1 aromatic rings. The van der Waals surface area contributed by atoms with E-state index in [4.69, 9.17) is 11.6 Å². The van der Waals surface area contributed by atoms with Gasteiger partial charge in [0.1, 0.15) is 16.8 Å². The van der Waals surface area contributed by atoms with E-state index < -0.39 is 0 Å². The Bertz CT molecular complexity index is 453. The van der Waals surface area contributed by atoms with Crippen molar-refractivity contribution in [1.82, 2.24) is 9.97 Å². The van der Waals surface area contributed by atoms with Gasteiger partial charge >= 0.3 is 0 Å². The summed E-state index contributed by atoms with van der Waals surface area (Å²) < 4.78 is 0. The number of hydrogen-bond acceptors (Lipinski definition) is 4. The van der Waals surface area contributed by atoms with Crippen molar-refractivity contribution in [2.75, 3.05) is 18.1 Å². The second kappa shape index (κ2) is 6.27. The first kappa shape index (κ1) is 15.5. The third-order valence-electron chi connectivity index (χ3n) is 3.75. The highest BCUT2D eigenvalue weighted by Gasteiger charge is 2.26. The number of aliphatic hydroxyl groups is 1. The van der Waals surface area contributed by atoms with Gasteiger partial charge in [0.2, 0.25) is 0 Å². The number of rotatable bonds is 4. The van der Waals surface area contributed by atoms with Crippen LogP contribution in [0, 0.1) is 0 Å². The average Bonchev–Trinajstić information content (AvgIpc) is 2.87. The summed E-state index contributed by atoms with van der Waals surface area (Å²) >= 11 is 6.17. The first-order valence-electron chi connectivity index (χ1n) is 7.34. The monoisotopic (exact) mass is 297 g/mol. The first-order valence-corrected chi connectivity index (χ1v) is 7.72. The van der Waals surface area contributed by atoms with E-state index >= 15 is 0 Å². The SMILES string of the molecule is CC(C)(C)c1nc(Cl)cc(N(CCO)C2CCCC2)n1. The molecule has 0 spiro atoms. The van der Waals surface area contributed by atoms with Gasteiger partial charge in [-0.05, 0) is 12.8 Å². The van der Waals surface area contributed by atoms with Crippen LogP contribution in [0.4, 0.5) is 5.82 Å². The Kier molecular flexibility index (Phi) is 4.86. The van der Waals surface area contributed by atoms with Crippen LogP contribution in [0.3, 0.4) is 0 Å². The second-order valence-corrected chi connectivity index (χ2v) is 6.87. The van der Waals surface area contributed by atoms with Crippen LogP contribution in [-0.2, 0) is 5.41 Å². The molecule has 5 heteroatoms. The van der Waals surface area contributed by atoms with Gasteiger partial charge in [0.25, 0.3) is 0 Å². The third kappa shape index (κ3) is 3.61. The van der Waals surface area contributed by atoms with E-state index in [1.165, 1.54) is 12.8 Å². The van der Waals surface area contributed by atoms with Crippen LogP contribution < -0.4 is 4.90 Å². The molecule has 112 valence electrons. The van der Waals surface area contributed by atoms with Crippen molar-refractivity contribution in [3.63, 3.8) is 0 Å². The Morgan fingerprint density at radius 2 is 1.95 bits per heavy atom. The molecule has 1 aliphatic rings. The van der Waals surface area contributed by atoms with Crippen LogP contribution in [0.15, 0.2) is 6.07 Å². The first-order chi connectivity index (χ1) is 9.41. The molecule has 0 atom stereocenters. The lowest BCUT2D eigenvalue weighted by Crippen LogP contribution is -2.37. The maximum atomic E-state index is 9.34. The van der Waals surface area contributed by atoms with Gasteiger partial charge in [0, 0.05) is 24.1 Å². The zero-order valence-electron chi connectivity index (χ0n) is 12.6. The minimum atomic E-state index is -0.139. The van der Waals surface area contributed by atoms with Gasteiger partial charge in [-0.3, -0.25) is 0 Å². The maximum Gasteiger partial charge on any atom is 0.137 e. The summed E-state index contributed by atoms with van der Waals surface area (Å²) in [5.41, 5.74) is -0.139. The van der Waals surface area contributed by atoms with Gasteiger partial charge in [-0.1, -0.05) is 45.2 Å². The quantitative estimate of drug-likeness (QED) is 0.867. The van der Waals surface area contributed by atoms with E-state index in [9.17, 15) is 5.11 Å². The molecule has 1 aromatic heterocycles. The molecule has 0 unspecified atom stereocenters. The van der Waals surface area contributed by atoms with Crippen molar-refractivity contribution in [2.24, 2.45) is 0 Å². The van der Waals surface area contributed by atoms with E-state index in [1.807, 2.05) is 6.07 Å². The zero-order valence-corrected chi connectivity index (χ0v) is 13.3. The van der Waals surface area contributed by atoms with Crippen LogP contribution in [0.25, 0.3) is 0 Å². The van der Waals surface area contributed by atoms with E-state index in [0.717, 1.165) is 24.5 Å². The lowest BCUT2D eigenvalue weighted by molar-refractivity contribution is 0.296. The van der Waals surface area contributed by atoms with Gasteiger partial charge in [0.15, 0.2) is 0 Å². The largest absolute Gasteiger partial charge is 0.395 e. The molecule has 1 aliphatic carbocycles. The minimum Gasteiger partial charge on any atom is -0.395 e. The molecule has 2 rings (SSSR count). The smallest absolute Gasteiger partial charge is 0.137 e. The molecule has 1 heterocycles. The zero-order chi connectivity index (χ0) is 14.8. The Hall–Kier alpha value is -0.870. The Morgan fingerprint density at radius 1 is 1.30 bits per heavy atom. The van der Waals surface area contributed by atoms with Crippen LogP contribution in [0.5, 0.6) is 0 Å². The molecule has 1 fully saturated rings. The molecule has 0 aromatic carbocycles. The molecule has 20 heavy (non-hydrogen) atoms. The average molecular weight is 298 g/mol. The predicted octanol–water partition coefficient (Wildman–Crippen LogP) is 3.17. The van der Waals surface area contributed by atoms with Crippen molar-refractivity contribution in [3.05, 3.63) is 17.0 Å². The molecule has 0 aliphatic heterocycles. The topological polar surface area (TPSA) is 49.2 Å². The molecule has 0 saturated heterocycles. The summed E-state index contributed by atoms with van der Waals surface area (Å²) in [4.78, 5) is 11.2. The highest BCUT2D eigenvalue weighted by molar-refractivity contribution is 6.29. The van der Waals surface area contributed by atoms with Crippen molar-refractivity contribution >= 4 is 17.4 Å². The van der Waals surface area contributed by atoms with Crippen LogP contribution in [-0.4, -0.2) is 34.3 Å². The number of nitrogens with zero attached hydrogens (tertiary/aromatic N) is 3. The van der Waals surface area contributed by atoms with Crippen molar-refractivity contribution < 1.29 is 5.11 Å². The lowest BCUT2D eigenvalue weighted by Gasteiger charge is -2.30. The van der Waals surface area contributed by atoms with Gasteiger partial charge in [-0.2, -0.15) is 0 Å². The van der Waals surface area contributed by atoms with E-state index in [1.54, 1.807) is 0 Å². The normalized spacial score (nSPS) is 16.6. The van der Waals surface area contributed by atoms with Gasteiger partial charge in [0.05, 0.1) is 6.61 Å². The number of hydrogen-bond donors (Lipinski definition) is 1. The molecule has 0 bridgehead atoms. The predicted molar refractivity (Wildman–Crippen MR) is 82.4 cm³/mol. The number of anilines is 1. The molecular weight excluding hydrogens is 274 g/mol. The van der Waals surface area contributed by atoms with Gasteiger partial charge < -0.3 is 10.0 Å². The number of aromatic nitrogens is 2. The molecule has 4 nitrogen and oxygen atoms in total. The summed E-state index contributed by atoms with van der Waals surface area (Å²) in [7, 11) is 0. The minimum absolute atomic E-state index is 0.128. The highest BCUT2D eigenvalue weighted by Crippen LogP contribution is 2.29. The standard InChI is InChI=1S/C15H24ClN3O/c1-15(2,3)14-17-12(16)10-13(18-14)19(8-9-20)11-6-4-5-7-11/h10-11,20H,4-9H2,1-3H3. The molecule has 0 radical (unpaired) electrons. The Morgan fingerprint density at radius 3 is 2.50 bits per heavy atom. The van der Waals surface area contributed by atoms with E-state index in [0.29, 0.717) is 17.7 Å². The summed E-state index contributed by atoms with van der Waals surface area (Å²) in [5, 5.41) is 9.81. The van der Waals surface area contributed by atoms with Crippen molar-refractivity contribution in [1.29, 1.82) is 0 Å². The lowest BCUT2D eigenvalue weighted by atomic mass is 9.96. The highest BCUT2D eigenvalue weighted by atomic mass is 35.5. The number of halogens is 1. The molecular formula is C15H24ClN3O. The summed E-state index contributed by atoms with van der Waals surface area (Å²) in [6.07, 6.45) is 4.81. The maximum absolute atomic E-state index is 9.34. The Balaban J connectivity index is 2.34. The van der Waals surface area contributed by atoms with Gasteiger partial charge in [-0.15, -0.1) is 0 Å². The van der Waals surface area contributed by atoms with Crippen molar-refractivity contribution in [3.8, 4) is 0 Å². The van der Waals surface area contributed by atoms with E-state index in [2.05, 4.69) is 35.6 Å². The fourth-order valence-electron chi connectivity index (χ4n) is 2.70. The van der Waals surface area contributed by atoms with Crippen LogP contribution >= 0.6 is 11.6 Å². The number of aliphatic hydroxyl groups excluding tert-OH is 1. The van der Waals surface area contributed by atoms with E-state index in [-0.39, 0.29) is 12.0 Å². The summed E-state index contributed by atoms with van der Waals surface area (Å²) in [6, 6.07) is 2.27.